The van der Waals surface area contributed by atoms with Crippen molar-refractivity contribution < 1.29 is 9.13 Å². The molecule has 1 fully saturated rings. The van der Waals surface area contributed by atoms with Gasteiger partial charge >= 0.3 is 0 Å². The van der Waals surface area contributed by atoms with Crippen LogP contribution in [0.3, 0.4) is 0 Å². The molecule has 1 aliphatic heterocycles. The van der Waals surface area contributed by atoms with Crippen molar-refractivity contribution in [3.05, 3.63) is 0 Å². The molecule has 0 spiro atoms. The fourth-order valence-electron chi connectivity index (χ4n) is 1.63. The van der Waals surface area contributed by atoms with Gasteiger partial charge in [-0.05, 0) is 27.7 Å². The summed E-state index contributed by atoms with van der Waals surface area (Å²) in [6.45, 7) is 9.32. The van der Waals surface area contributed by atoms with E-state index < -0.39 is 5.67 Å². The van der Waals surface area contributed by atoms with Crippen LogP contribution in [0.2, 0.25) is 0 Å². The molecule has 1 heterocycles. The van der Waals surface area contributed by atoms with Crippen molar-refractivity contribution >= 4 is 0 Å². The van der Waals surface area contributed by atoms with E-state index >= 15 is 0 Å². The van der Waals surface area contributed by atoms with Crippen LogP contribution < -0.4 is 0 Å². The standard InChI is InChI=1S/C10H20FNO/c1-8(2)12-5-9(3)13-7-10(4,11)6-12/h8-9H,5-7H2,1-4H3/t9-,10+/m0/s1. The van der Waals surface area contributed by atoms with Crippen LogP contribution in [0.25, 0.3) is 0 Å². The van der Waals surface area contributed by atoms with E-state index in [0.29, 0.717) is 12.6 Å². The molecule has 0 aromatic heterocycles. The van der Waals surface area contributed by atoms with Gasteiger partial charge in [0.1, 0.15) is 5.67 Å². The van der Waals surface area contributed by atoms with E-state index in [4.69, 9.17) is 4.74 Å². The molecule has 13 heavy (non-hydrogen) atoms. The van der Waals surface area contributed by atoms with Gasteiger partial charge in [-0.3, -0.25) is 4.90 Å². The Kier molecular flexibility index (Phi) is 3.30. The van der Waals surface area contributed by atoms with Crippen LogP contribution in [0.5, 0.6) is 0 Å². The molecule has 0 bridgehead atoms. The van der Waals surface area contributed by atoms with Crippen molar-refractivity contribution in [1.82, 2.24) is 4.90 Å². The Morgan fingerprint density at radius 2 is 2.15 bits per heavy atom. The van der Waals surface area contributed by atoms with Crippen LogP contribution in [-0.2, 0) is 4.74 Å². The molecule has 0 saturated carbocycles. The topological polar surface area (TPSA) is 12.5 Å². The average molecular weight is 189 g/mol. The second kappa shape index (κ2) is 3.93. The van der Waals surface area contributed by atoms with Crippen LogP contribution in [0.15, 0.2) is 0 Å². The van der Waals surface area contributed by atoms with Crippen molar-refractivity contribution in [3.8, 4) is 0 Å². The lowest BCUT2D eigenvalue weighted by molar-refractivity contribution is 0.0123. The van der Waals surface area contributed by atoms with E-state index in [2.05, 4.69) is 18.7 Å². The van der Waals surface area contributed by atoms with E-state index in [-0.39, 0.29) is 12.7 Å². The fourth-order valence-corrected chi connectivity index (χ4v) is 1.63. The lowest BCUT2D eigenvalue weighted by Crippen LogP contribution is -2.42. The van der Waals surface area contributed by atoms with E-state index in [9.17, 15) is 4.39 Å². The van der Waals surface area contributed by atoms with Crippen LogP contribution >= 0.6 is 0 Å². The summed E-state index contributed by atoms with van der Waals surface area (Å²) in [6.07, 6.45) is 0.139. The Labute approximate surface area is 80.1 Å². The molecular formula is C10H20FNO. The van der Waals surface area contributed by atoms with Gasteiger partial charge in [0.25, 0.3) is 0 Å². The zero-order valence-electron chi connectivity index (χ0n) is 9.01. The first-order valence-corrected chi connectivity index (χ1v) is 4.95. The fraction of sp³-hybridized carbons (Fsp3) is 1.00. The number of alkyl halides is 1. The Balaban J connectivity index is 2.63. The minimum atomic E-state index is -1.20. The Morgan fingerprint density at radius 3 is 2.69 bits per heavy atom. The third-order valence-corrected chi connectivity index (χ3v) is 2.42. The highest BCUT2D eigenvalue weighted by Crippen LogP contribution is 2.19. The maximum Gasteiger partial charge on any atom is 0.144 e. The molecule has 0 amide bonds. The SMILES string of the molecule is CC(C)N1C[C@H](C)OC[C@](C)(F)C1. The smallest absolute Gasteiger partial charge is 0.144 e. The molecule has 0 aliphatic carbocycles. The lowest BCUT2D eigenvalue weighted by atomic mass is 10.1. The number of hydrogen-bond donors (Lipinski definition) is 0. The van der Waals surface area contributed by atoms with Gasteiger partial charge in [0.15, 0.2) is 0 Å². The van der Waals surface area contributed by atoms with Crippen molar-refractivity contribution in [3.63, 3.8) is 0 Å². The van der Waals surface area contributed by atoms with Crippen LogP contribution in [0, 0.1) is 0 Å². The molecule has 0 N–H and O–H groups in total. The summed E-state index contributed by atoms with van der Waals surface area (Å²) < 4.78 is 19.1. The highest BCUT2D eigenvalue weighted by atomic mass is 19.1. The minimum absolute atomic E-state index is 0.139. The number of rotatable bonds is 1. The molecule has 1 aliphatic rings. The largest absolute Gasteiger partial charge is 0.374 e. The summed E-state index contributed by atoms with van der Waals surface area (Å²) in [7, 11) is 0. The van der Waals surface area contributed by atoms with E-state index in [1.54, 1.807) is 6.92 Å². The van der Waals surface area contributed by atoms with Gasteiger partial charge < -0.3 is 4.74 Å². The van der Waals surface area contributed by atoms with Gasteiger partial charge in [-0.15, -0.1) is 0 Å². The Hall–Kier alpha value is -0.150. The van der Waals surface area contributed by atoms with Crippen molar-refractivity contribution in [2.24, 2.45) is 0 Å². The van der Waals surface area contributed by atoms with Gasteiger partial charge in [-0.1, -0.05) is 0 Å². The highest BCUT2D eigenvalue weighted by molar-refractivity contribution is 4.83. The monoisotopic (exact) mass is 189 g/mol. The molecule has 2 nitrogen and oxygen atoms in total. The van der Waals surface area contributed by atoms with E-state index in [0.717, 1.165) is 6.54 Å². The number of hydrogen-bond acceptors (Lipinski definition) is 2. The second-order valence-corrected chi connectivity index (χ2v) is 4.56. The molecule has 0 unspecified atom stereocenters. The third-order valence-electron chi connectivity index (χ3n) is 2.42. The number of nitrogens with zero attached hydrogens (tertiary/aromatic N) is 1. The maximum atomic E-state index is 13.7. The van der Waals surface area contributed by atoms with Gasteiger partial charge in [0.05, 0.1) is 12.7 Å². The van der Waals surface area contributed by atoms with Gasteiger partial charge in [0, 0.05) is 19.1 Å². The first-order chi connectivity index (χ1) is 5.91. The van der Waals surface area contributed by atoms with Crippen LogP contribution in [0.4, 0.5) is 4.39 Å². The zero-order valence-corrected chi connectivity index (χ0v) is 9.01. The summed E-state index contributed by atoms with van der Waals surface area (Å²) in [5.74, 6) is 0. The minimum Gasteiger partial charge on any atom is -0.374 e. The molecule has 1 rings (SSSR count). The maximum absolute atomic E-state index is 13.7. The van der Waals surface area contributed by atoms with Crippen molar-refractivity contribution in [1.29, 1.82) is 0 Å². The number of halogens is 1. The van der Waals surface area contributed by atoms with E-state index in [1.165, 1.54) is 0 Å². The summed E-state index contributed by atoms with van der Waals surface area (Å²) in [5, 5.41) is 0. The molecular weight excluding hydrogens is 169 g/mol. The zero-order chi connectivity index (χ0) is 10.1. The molecule has 78 valence electrons. The summed E-state index contributed by atoms with van der Waals surface area (Å²) >= 11 is 0. The molecule has 0 aromatic rings. The predicted molar refractivity (Wildman–Crippen MR) is 51.6 cm³/mol. The summed E-state index contributed by atoms with van der Waals surface area (Å²) in [4.78, 5) is 2.14. The molecule has 0 aromatic carbocycles. The normalized spacial score (nSPS) is 37.8. The van der Waals surface area contributed by atoms with Gasteiger partial charge in [-0.2, -0.15) is 0 Å². The number of ether oxygens (including phenoxy) is 1. The average Bonchev–Trinajstić information content (AvgIpc) is 2.11. The van der Waals surface area contributed by atoms with E-state index in [1.807, 2.05) is 6.92 Å². The molecule has 1 saturated heterocycles. The Bertz CT molecular complexity index is 170. The third kappa shape index (κ3) is 3.24. The second-order valence-electron chi connectivity index (χ2n) is 4.56. The first-order valence-electron chi connectivity index (χ1n) is 4.95. The molecule has 3 heteroatoms. The lowest BCUT2D eigenvalue weighted by Gasteiger charge is -2.29. The van der Waals surface area contributed by atoms with Gasteiger partial charge in [-0.25, -0.2) is 4.39 Å². The Morgan fingerprint density at radius 1 is 1.54 bits per heavy atom. The molecule has 0 radical (unpaired) electrons. The highest BCUT2D eigenvalue weighted by Gasteiger charge is 2.32. The van der Waals surface area contributed by atoms with Crippen LogP contribution in [0.1, 0.15) is 27.7 Å². The summed E-state index contributed by atoms with van der Waals surface area (Å²) in [5.41, 5.74) is -1.20. The first kappa shape index (κ1) is 10.9. The quantitative estimate of drug-likeness (QED) is 0.624. The van der Waals surface area contributed by atoms with Crippen molar-refractivity contribution in [2.45, 2.75) is 45.5 Å². The summed E-state index contributed by atoms with van der Waals surface area (Å²) in [6, 6.07) is 0.388. The van der Waals surface area contributed by atoms with Gasteiger partial charge in [0.2, 0.25) is 0 Å². The van der Waals surface area contributed by atoms with Crippen molar-refractivity contribution in [2.75, 3.05) is 19.7 Å². The molecule has 2 atom stereocenters. The van der Waals surface area contributed by atoms with Crippen LogP contribution in [-0.4, -0.2) is 42.4 Å². The predicted octanol–water partition coefficient (Wildman–Crippen LogP) is 1.84.